The standard InChI is InChI=1S/C23H18F6N10O/c24-21(25,26)5-1-2-12-18-33-9-34-39(18)8-13(35-12)16-36-15(30)14-17(37-16)38-20(40)22(14,10-3-4-10)19-31-6-11(7-32-19)23(27,28)29/h6-10H,1-5H2,(H3,30,36,37,38,40). The van der Waals surface area contributed by atoms with Crippen LogP contribution in [-0.2, 0) is 22.8 Å². The Hall–Kier alpha value is -4.44. The molecule has 1 aliphatic heterocycles. The van der Waals surface area contributed by atoms with E-state index in [-0.39, 0.29) is 64.6 Å². The average molecular weight is 564 g/mol. The van der Waals surface area contributed by atoms with Gasteiger partial charge in [0.05, 0.1) is 23.0 Å². The van der Waals surface area contributed by atoms with Crippen LogP contribution in [0.4, 0.5) is 38.0 Å². The van der Waals surface area contributed by atoms with E-state index in [0.717, 1.165) is 0 Å². The van der Waals surface area contributed by atoms with Gasteiger partial charge in [0.1, 0.15) is 34.9 Å². The summed E-state index contributed by atoms with van der Waals surface area (Å²) in [7, 11) is 0. The number of carbonyl (C=O) groups is 1. The van der Waals surface area contributed by atoms with Crippen molar-refractivity contribution in [3.05, 3.63) is 47.6 Å². The molecule has 0 radical (unpaired) electrons. The smallest absolute Gasteiger partial charge is 0.383 e. The highest BCUT2D eigenvalue weighted by molar-refractivity contribution is 6.09. The summed E-state index contributed by atoms with van der Waals surface area (Å²) >= 11 is 0. The summed E-state index contributed by atoms with van der Waals surface area (Å²) in [5.74, 6) is -1.28. The van der Waals surface area contributed by atoms with Gasteiger partial charge >= 0.3 is 12.4 Å². The summed E-state index contributed by atoms with van der Waals surface area (Å²) in [6.07, 6.45) is -5.28. The molecule has 40 heavy (non-hydrogen) atoms. The largest absolute Gasteiger partial charge is 0.419 e. The van der Waals surface area contributed by atoms with Gasteiger partial charge in [0.2, 0.25) is 5.91 Å². The van der Waals surface area contributed by atoms with Gasteiger partial charge in [0.15, 0.2) is 11.5 Å². The molecule has 1 atom stereocenters. The first kappa shape index (κ1) is 25.8. The third kappa shape index (κ3) is 4.24. The molecular weight excluding hydrogens is 546 g/mol. The lowest BCUT2D eigenvalue weighted by molar-refractivity contribution is -0.138. The second kappa shape index (κ2) is 8.79. The molecule has 0 saturated heterocycles. The molecule has 3 N–H and O–H groups in total. The monoisotopic (exact) mass is 564 g/mol. The number of nitrogens with zero attached hydrogens (tertiary/aromatic N) is 8. The van der Waals surface area contributed by atoms with E-state index in [9.17, 15) is 31.1 Å². The minimum absolute atomic E-state index is 0.0157. The van der Waals surface area contributed by atoms with Crippen LogP contribution in [0.15, 0.2) is 24.9 Å². The Balaban J connectivity index is 1.42. The topological polar surface area (TPSA) is 150 Å². The van der Waals surface area contributed by atoms with Crippen molar-refractivity contribution in [1.82, 2.24) is 39.5 Å². The van der Waals surface area contributed by atoms with Crippen molar-refractivity contribution in [2.75, 3.05) is 11.1 Å². The van der Waals surface area contributed by atoms with E-state index in [2.05, 4.69) is 40.3 Å². The predicted octanol–water partition coefficient (Wildman–Crippen LogP) is 3.51. The summed E-state index contributed by atoms with van der Waals surface area (Å²) in [4.78, 5) is 38.4. The number of rotatable bonds is 6. The molecule has 11 nitrogen and oxygen atoms in total. The lowest BCUT2D eigenvalue weighted by atomic mass is 9.76. The Bertz CT molecular complexity index is 1630. The van der Waals surface area contributed by atoms with Crippen LogP contribution in [0.3, 0.4) is 0 Å². The normalized spacial score (nSPS) is 19.2. The van der Waals surface area contributed by atoms with Gasteiger partial charge in [-0.15, -0.1) is 0 Å². The molecule has 1 aliphatic carbocycles. The maximum atomic E-state index is 13.4. The molecule has 4 aromatic heterocycles. The van der Waals surface area contributed by atoms with Crippen LogP contribution in [0.5, 0.6) is 0 Å². The van der Waals surface area contributed by atoms with Gasteiger partial charge in [-0.25, -0.2) is 34.4 Å². The highest BCUT2D eigenvalue weighted by Gasteiger charge is 2.61. The predicted molar refractivity (Wildman–Crippen MR) is 124 cm³/mol. The zero-order valence-corrected chi connectivity index (χ0v) is 20.3. The van der Waals surface area contributed by atoms with E-state index in [4.69, 9.17) is 5.73 Å². The van der Waals surface area contributed by atoms with Crippen molar-refractivity contribution >= 4 is 23.2 Å². The molecule has 208 valence electrons. The Morgan fingerprint density at radius 1 is 1.05 bits per heavy atom. The van der Waals surface area contributed by atoms with E-state index >= 15 is 0 Å². The van der Waals surface area contributed by atoms with Crippen LogP contribution in [0.1, 0.15) is 48.3 Å². The van der Waals surface area contributed by atoms with Gasteiger partial charge in [-0.05, 0) is 31.6 Å². The number of anilines is 2. The zero-order valence-electron chi connectivity index (χ0n) is 20.3. The highest BCUT2D eigenvalue weighted by Crippen LogP contribution is 2.56. The van der Waals surface area contributed by atoms with Crippen molar-refractivity contribution in [1.29, 1.82) is 0 Å². The average Bonchev–Trinajstić information content (AvgIpc) is 3.52. The fourth-order valence-electron chi connectivity index (χ4n) is 4.99. The number of amides is 1. The van der Waals surface area contributed by atoms with Crippen LogP contribution < -0.4 is 11.1 Å². The molecule has 6 rings (SSSR count). The number of fused-ring (bicyclic) bond motifs is 2. The van der Waals surface area contributed by atoms with E-state index in [0.29, 0.717) is 25.2 Å². The first-order valence-electron chi connectivity index (χ1n) is 12.0. The number of aryl methyl sites for hydroxylation is 1. The lowest BCUT2D eigenvalue weighted by Gasteiger charge is -2.26. The maximum absolute atomic E-state index is 13.4. The van der Waals surface area contributed by atoms with Gasteiger partial charge in [-0.3, -0.25) is 4.79 Å². The third-order valence-electron chi connectivity index (χ3n) is 6.88. The quantitative estimate of drug-likeness (QED) is 0.336. The van der Waals surface area contributed by atoms with Crippen molar-refractivity contribution in [2.24, 2.45) is 5.92 Å². The zero-order chi connectivity index (χ0) is 28.4. The molecule has 4 aromatic rings. The van der Waals surface area contributed by atoms with Gasteiger partial charge in [0, 0.05) is 18.8 Å². The van der Waals surface area contributed by atoms with Crippen molar-refractivity contribution in [3.8, 4) is 11.5 Å². The molecule has 0 spiro atoms. The molecule has 1 amide bonds. The summed E-state index contributed by atoms with van der Waals surface area (Å²) in [6.45, 7) is 0. The fraction of sp³-hybridized carbons (Fsp3) is 0.391. The number of nitrogens with one attached hydrogen (secondary N) is 1. The summed E-state index contributed by atoms with van der Waals surface area (Å²) < 4.78 is 78.7. The number of hydrogen-bond donors (Lipinski definition) is 2. The van der Waals surface area contributed by atoms with Crippen LogP contribution in [0.2, 0.25) is 0 Å². The molecule has 1 saturated carbocycles. The highest BCUT2D eigenvalue weighted by atomic mass is 19.4. The maximum Gasteiger partial charge on any atom is 0.419 e. The fourth-order valence-corrected chi connectivity index (χ4v) is 4.99. The van der Waals surface area contributed by atoms with Gasteiger partial charge < -0.3 is 11.1 Å². The number of halogens is 6. The van der Waals surface area contributed by atoms with Crippen LogP contribution in [0, 0.1) is 5.92 Å². The van der Waals surface area contributed by atoms with Gasteiger partial charge in [-0.2, -0.15) is 31.4 Å². The number of carbonyl (C=O) groups excluding carboxylic acids is 1. The van der Waals surface area contributed by atoms with E-state index < -0.39 is 35.7 Å². The Kier molecular flexibility index (Phi) is 5.67. The number of aromatic nitrogens is 8. The number of nitrogen functional groups attached to an aromatic ring is 1. The molecule has 2 aliphatic rings. The summed E-state index contributed by atoms with van der Waals surface area (Å²) in [5, 5.41) is 6.68. The first-order valence-corrected chi connectivity index (χ1v) is 12.0. The van der Waals surface area contributed by atoms with Gasteiger partial charge in [-0.1, -0.05) is 0 Å². The second-order valence-electron chi connectivity index (χ2n) is 9.56. The molecule has 0 aromatic carbocycles. The Labute approximate surface area is 220 Å². The van der Waals surface area contributed by atoms with Gasteiger partial charge in [0.25, 0.3) is 0 Å². The molecule has 5 heterocycles. The SMILES string of the molecule is Nc1nc(-c2cn3ncnc3c(CCCC(F)(F)F)n2)nc2c1C(c1ncc(C(F)(F)F)cn1)(C1CC1)C(=O)N2. The molecule has 1 fully saturated rings. The number of alkyl halides is 6. The molecule has 0 bridgehead atoms. The third-order valence-corrected chi connectivity index (χ3v) is 6.88. The molecule has 17 heteroatoms. The van der Waals surface area contributed by atoms with Crippen LogP contribution >= 0.6 is 0 Å². The lowest BCUT2D eigenvalue weighted by Crippen LogP contribution is -2.40. The molecule has 1 unspecified atom stereocenters. The Morgan fingerprint density at radius 2 is 1.77 bits per heavy atom. The van der Waals surface area contributed by atoms with Crippen molar-refractivity contribution in [3.63, 3.8) is 0 Å². The van der Waals surface area contributed by atoms with Crippen LogP contribution in [-0.4, -0.2) is 51.6 Å². The van der Waals surface area contributed by atoms with Crippen molar-refractivity contribution < 1.29 is 31.1 Å². The first-order chi connectivity index (χ1) is 18.9. The van der Waals surface area contributed by atoms with E-state index in [1.165, 1.54) is 17.0 Å². The number of hydrogen-bond acceptors (Lipinski definition) is 9. The minimum atomic E-state index is -4.66. The summed E-state index contributed by atoms with van der Waals surface area (Å²) in [5.41, 5.74) is 4.44. The second-order valence-corrected chi connectivity index (χ2v) is 9.56. The van der Waals surface area contributed by atoms with E-state index in [1.54, 1.807) is 0 Å². The summed E-state index contributed by atoms with van der Waals surface area (Å²) in [6, 6.07) is 0. The number of nitrogens with two attached hydrogens (primary N) is 1. The van der Waals surface area contributed by atoms with Crippen molar-refractivity contribution in [2.45, 2.75) is 49.9 Å². The minimum Gasteiger partial charge on any atom is -0.383 e. The van der Waals surface area contributed by atoms with Crippen LogP contribution in [0.25, 0.3) is 17.2 Å². The molecular formula is C23H18F6N10O. The Morgan fingerprint density at radius 3 is 2.42 bits per heavy atom. The van der Waals surface area contributed by atoms with E-state index in [1.807, 2.05) is 0 Å².